The summed E-state index contributed by atoms with van der Waals surface area (Å²) in [7, 11) is 3.88. The van der Waals surface area contributed by atoms with Crippen molar-refractivity contribution in [3.8, 4) is 16.9 Å². The van der Waals surface area contributed by atoms with Crippen molar-refractivity contribution in [2.45, 2.75) is 26.5 Å². The van der Waals surface area contributed by atoms with E-state index in [4.69, 9.17) is 10.5 Å². The lowest BCUT2D eigenvalue weighted by Crippen LogP contribution is -2.14. The quantitative estimate of drug-likeness (QED) is 0.376. The molecule has 4 rings (SSSR count). The van der Waals surface area contributed by atoms with Crippen LogP contribution < -0.4 is 20.7 Å². The van der Waals surface area contributed by atoms with Gasteiger partial charge in [-0.15, -0.1) is 0 Å². The average Bonchev–Trinajstić information content (AvgIpc) is 3.35. The van der Waals surface area contributed by atoms with Gasteiger partial charge in [-0.2, -0.15) is 5.10 Å². The zero-order chi connectivity index (χ0) is 24.9. The summed E-state index contributed by atoms with van der Waals surface area (Å²) < 4.78 is 8.03. The maximum atomic E-state index is 12.8. The summed E-state index contributed by atoms with van der Waals surface area (Å²) in [4.78, 5) is 19.1. The molecule has 3 N–H and O–H groups in total. The molecule has 0 saturated heterocycles. The number of amides is 1. The minimum Gasteiger partial charge on any atom is -0.482 e. The maximum absolute atomic E-state index is 12.8. The Kier molecular flexibility index (Phi) is 7.01. The van der Waals surface area contributed by atoms with Crippen molar-refractivity contribution in [2.24, 2.45) is 0 Å². The molecular weight excluding hydrogens is 440 g/mol. The molecule has 8 heteroatoms. The van der Waals surface area contributed by atoms with Gasteiger partial charge in [0.1, 0.15) is 6.10 Å². The van der Waals surface area contributed by atoms with E-state index >= 15 is 0 Å². The van der Waals surface area contributed by atoms with Gasteiger partial charge in [-0.3, -0.25) is 9.48 Å². The molecule has 0 aliphatic carbocycles. The van der Waals surface area contributed by atoms with Crippen LogP contribution in [0.15, 0.2) is 73.2 Å². The average molecular weight is 471 g/mol. The molecule has 1 amide bonds. The highest BCUT2D eigenvalue weighted by Gasteiger charge is 2.14. The van der Waals surface area contributed by atoms with Crippen molar-refractivity contribution in [3.63, 3.8) is 0 Å². The third-order valence-corrected chi connectivity index (χ3v) is 5.71. The number of pyridine rings is 1. The molecule has 0 bridgehead atoms. The van der Waals surface area contributed by atoms with Gasteiger partial charge in [-0.1, -0.05) is 18.2 Å². The van der Waals surface area contributed by atoms with Crippen molar-refractivity contribution in [1.82, 2.24) is 14.8 Å². The van der Waals surface area contributed by atoms with E-state index in [9.17, 15) is 4.79 Å². The number of nitrogen functional groups attached to an aromatic ring is 1. The van der Waals surface area contributed by atoms with Crippen LogP contribution in [-0.2, 0) is 6.54 Å². The molecule has 0 aliphatic rings. The topological polar surface area (TPSA) is 98.3 Å². The molecular formula is C27H30N6O2. The number of nitrogens with zero attached hydrogens (tertiary/aromatic N) is 4. The van der Waals surface area contributed by atoms with Crippen LogP contribution in [0.5, 0.6) is 5.75 Å². The second-order valence-corrected chi connectivity index (χ2v) is 8.48. The van der Waals surface area contributed by atoms with Crippen molar-refractivity contribution in [1.29, 1.82) is 0 Å². The molecule has 1 atom stereocenters. The minimum atomic E-state index is -0.318. The number of hydrogen-bond donors (Lipinski definition) is 2. The molecule has 0 fully saturated rings. The third kappa shape index (κ3) is 5.60. The van der Waals surface area contributed by atoms with Gasteiger partial charge in [0.15, 0.2) is 11.6 Å². The Bertz CT molecular complexity index is 1330. The van der Waals surface area contributed by atoms with Crippen LogP contribution in [0, 0.1) is 0 Å². The fourth-order valence-corrected chi connectivity index (χ4v) is 3.65. The lowest BCUT2D eigenvalue weighted by Gasteiger charge is -2.18. The van der Waals surface area contributed by atoms with Gasteiger partial charge in [-0.25, -0.2) is 4.98 Å². The van der Waals surface area contributed by atoms with Crippen LogP contribution in [0.1, 0.15) is 35.9 Å². The maximum Gasteiger partial charge on any atom is 0.255 e. The Morgan fingerprint density at radius 1 is 1.11 bits per heavy atom. The number of benzene rings is 2. The van der Waals surface area contributed by atoms with Crippen molar-refractivity contribution >= 4 is 23.1 Å². The molecule has 0 saturated carbocycles. The molecule has 2 aromatic carbocycles. The first-order valence-corrected chi connectivity index (χ1v) is 11.5. The zero-order valence-corrected chi connectivity index (χ0v) is 20.4. The zero-order valence-electron chi connectivity index (χ0n) is 20.4. The van der Waals surface area contributed by atoms with E-state index in [1.165, 1.54) is 0 Å². The van der Waals surface area contributed by atoms with E-state index in [1.807, 2.05) is 92.3 Å². The van der Waals surface area contributed by atoms with Crippen molar-refractivity contribution in [2.75, 3.05) is 30.0 Å². The van der Waals surface area contributed by atoms with E-state index in [-0.39, 0.29) is 12.0 Å². The first-order chi connectivity index (χ1) is 16.8. The number of rotatable bonds is 8. The number of aromatic nitrogens is 3. The number of anilines is 3. The monoisotopic (exact) mass is 470 g/mol. The van der Waals surface area contributed by atoms with Crippen LogP contribution in [0.25, 0.3) is 11.1 Å². The third-order valence-electron chi connectivity index (χ3n) is 5.71. The number of nitrogens with one attached hydrogen (secondary N) is 1. The Morgan fingerprint density at radius 2 is 1.91 bits per heavy atom. The summed E-state index contributed by atoms with van der Waals surface area (Å²) in [6.45, 7) is 4.76. The van der Waals surface area contributed by atoms with Gasteiger partial charge in [0.2, 0.25) is 0 Å². The fourth-order valence-electron chi connectivity index (χ4n) is 3.65. The molecule has 4 aromatic rings. The van der Waals surface area contributed by atoms with Gasteiger partial charge >= 0.3 is 0 Å². The predicted molar refractivity (Wildman–Crippen MR) is 140 cm³/mol. The number of carbonyl (C=O) groups excluding carboxylic acids is 1. The first kappa shape index (κ1) is 23.8. The molecule has 2 heterocycles. The molecule has 35 heavy (non-hydrogen) atoms. The predicted octanol–water partition coefficient (Wildman–Crippen LogP) is 5.01. The van der Waals surface area contributed by atoms with Crippen LogP contribution in [-0.4, -0.2) is 34.8 Å². The highest BCUT2D eigenvalue weighted by Crippen LogP contribution is 2.31. The van der Waals surface area contributed by atoms with Crippen LogP contribution in [0.2, 0.25) is 0 Å². The highest BCUT2D eigenvalue weighted by atomic mass is 16.5. The first-order valence-electron chi connectivity index (χ1n) is 11.5. The Hall–Kier alpha value is -4.33. The van der Waals surface area contributed by atoms with E-state index in [0.29, 0.717) is 22.8 Å². The van der Waals surface area contributed by atoms with Gasteiger partial charge in [-0.05, 0) is 55.8 Å². The lowest BCUT2D eigenvalue weighted by atomic mass is 10.1. The molecule has 1 unspecified atom stereocenters. The number of ether oxygens (including phenoxy) is 1. The summed E-state index contributed by atoms with van der Waals surface area (Å²) >= 11 is 0. The van der Waals surface area contributed by atoms with Crippen LogP contribution in [0.4, 0.5) is 17.2 Å². The standard InChI is InChI=1S/C27H30N6O2/c1-5-33-17-22(16-30-33)21-14-25(26(28)29-15-21)35-18(2)19-8-6-10-23(12-19)31-27(34)20-9-7-11-24(13-20)32(3)4/h6-18H,5H2,1-4H3,(H2,28,29)(H,31,34). The summed E-state index contributed by atoms with van der Waals surface area (Å²) in [5, 5.41) is 7.29. The molecule has 0 radical (unpaired) electrons. The number of carbonyl (C=O) groups is 1. The second kappa shape index (κ2) is 10.3. The van der Waals surface area contributed by atoms with E-state index in [0.717, 1.165) is 28.9 Å². The van der Waals surface area contributed by atoms with E-state index in [2.05, 4.69) is 15.4 Å². The SMILES string of the molecule is CCn1cc(-c2cnc(N)c(OC(C)c3cccc(NC(=O)c4cccc(N(C)C)c4)c3)c2)cn1. The van der Waals surface area contributed by atoms with Gasteiger partial charge in [0, 0.05) is 61.1 Å². The summed E-state index contributed by atoms with van der Waals surface area (Å²) in [5.41, 5.74) is 11.1. The van der Waals surface area contributed by atoms with Gasteiger partial charge in [0.05, 0.1) is 6.20 Å². The van der Waals surface area contributed by atoms with E-state index < -0.39 is 0 Å². The van der Waals surface area contributed by atoms with Gasteiger partial charge in [0.25, 0.3) is 5.91 Å². The summed E-state index contributed by atoms with van der Waals surface area (Å²) in [6, 6.07) is 17.0. The molecule has 180 valence electrons. The Balaban J connectivity index is 1.49. The molecule has 8 nitrogen and oxygen atoms in total. The molecule has 0 spiro atoms. The summed E-state index contributed by atoms with van der Waals surface area (Å²) in [6.07, 6.45) is 5.15. The van der Waals surface area contributed by atoms with Crippen molar-refractivity contribution in [3.05, 3.63) is 84.3 Å². The number of nitrogens with two attached hydrogens (primary N) is 1. The van der Waals surface area contributed by atoms with Crippen molar-refractivity contribution < 1.29 is 9.53 Å². The second-order valence-electron chi connectivity index (χ2n) is 8.48. The Morgan fingerprint density at radius 3 is 2.66 bits per heavy atom. The minimum absolute atomic E-state index is 0.173. The lowest BCUT2D eigenvalue weighted by molar-refractivity contribution is 0.102. The number of aryl methyl sites for hydroxylation is 1. The largest absolute Gasteiger partial charge is 0.482 e. The van der Waals surface area contributed by atoms with Crippen LogP contribution in [0.3, 0.4) is 0 Å². The number of hydrogen-bond acceptors (Lipinski definition) is 6. The van der Waals surface area contributed by atoms with E-state index in [1.54, 1.807) is 18.5 Å². The van der Waals surface area contributed by atoms with Gasteiger partial charge < -0.3 is 20.7 Å². The Labute approximate surface area is 205 Å². The fraction of sp³-hybridized carbons (Fsp3) is 0.222. The highest BCUT2D eigenvalue weighted by molar-refractivity contribution is 6.04. The molecule has 0 aliphatic heterocycles. The smallest absolute Gasteiger partial charge is 0.255 e. The normalized spacial score (nSPS) is 11.7. The summed E-state index contributed by atoms with van der Waals surface area (Å²) in [5.74, 6) is 0.635. The molecule has 2 aromatic heterocycles. The van der Waals surface area contributed by atoms with Crippen LogP contribution >= 0.6 is 0 Å².